The topological polar surface area (TPSA) is 91.8 Å². The van der Waals surface area contributed by atoms with Crippen molar-refractivity contribution < 1.29 is 21.6 Å². The van der Waals surface area contributed by atoms with Crippen LogP contribution in [0, 0.1) is 5.92 Å². The summed E-state index contributed by atoms with van der Waals surface area (Å²) in [6.45, 7) is 3.12. The molecule has 0 radical (unpaired) electrons. The lowest BCUT2D eigenvalue weighted by Crippen LogP contribution is -2.52. The predicted molar refractivity (Wildman–Crippen MR) is 103 cm³/mol. The van der Waals surface area contributed by atoms with Gasteiger partial charge >= 0.3 is 0 Å². The molecule has 0 N–H and O–H groups in total. The Balaban J connectivity index is 1.61. The Bertz CT molecular complexity index is 886. The fourth-order valence-electron chi connectivity index (χ4n) is 3.66. The quantitative estimate of drug-likeness (QED) is 0.714. The molecule has 0 spiro atoms. The normalized spacial score (nSPS) is 23.4. The van der Waals surface area contributed by atoms with E-state index in [9.17, 15) is 21.6 Å². The first-order valence-corrected chi connectivity index (χ1v) is 12.6. The first-order valence-electron chi connectivity index (χ1n) is 9.31. The molecule has 0 saturated carbocycles. The van der Waals surface area contributed by atoms with Gasteiger partial charge in [0.15, 0.2) is 9.84 Å². The maximum absolute atomic E-state index is 12.8. The summed E-state index contributed by atoms with van der Waals surface area (Å²) < 4.78 is 50.2. The van der Waals surface area contributed by atoms with Crippen LogP contribution in [0.1, 0.15) is 25.3 Å². The van der Waals surface area contributed by atoms with E-state index >= 15 is 0 Å². The molecule has 0 aromatic heterocycles. The number of carbonyl (C=O) groups is 1. The van der Waals surface area contributed by atoms with E-state index in [1.54, 1.807) is 17.0 Å². The zero-order valence-corrected chi connectivity index (χ0v) is 17.1. The van der Waals surface area contributed by atoms with Crippen LogP contribution in [-0.4, -0.2) is 69.6 Å². The number of hydrogen-bond donors (Lipinski definition) is 0. The third-order valence-corrected chi connectivity index (χ3v) is 8.91. The Morgan fingerprint density at radius 2 is 1.74 bits per heavy atom. The van der Waals surface area contributed by atoms with E-state index in [1.165, 1.54) is 4.31 Å². The predicted octanol–water partition coefficient (Wildman–Crippen LogP) is 0.907. The maximum atomic E-state index is 12.8. The second-order valence-electron chi connectivity index (χ2n) is 7.22. The maximum Gasteiger partial charge on any atom is 0.243 e. The minimum absolute atomic E-state index is 0.0613. The highest BCUT2D eigenvalue weighted by Gasteiger charge is 2.37. The largest absolute Gasteiger partial charge is 0.340 e. The summed E-state index contributed by atoms with van der Waals surface area (Å²) in [6, 6.07) is 6.97. The summed E-state index contributed by atoms with van der Waals surface area (Å²) in [5.74, 6) is -0.679. The minimum atomic E-state index is -3.58. The van der Waals surface area contributed by atoms with Gasteiger partial charge in [-0.1, -0.05) is 25.5 Å². The van der Waals surface area contributed by atoms with Gasteiger partial charge < -0.3 is 4.90 Å². The number of carbonyl (C=O) groups excluding carboxylic acids is 1. The van der Waals surface area contributed by atoms with Crippen LogP contribution in [0.3, 0.4) is 0 Å². The van der Waals surface area contributed by atoms with Crippen LogP contribution in [0.5, 0.6) is 0 Å². The number of benzene rings is 1. The lowest BCUT2D eigenvalue weighted by molar-refractivity contribution is -0.135. The molecule has 2 aliphatic heterocycles. The molecular weight excluding hydrogens is 388 g/mol. The van der Waals surface area contributed by atoms with Crippen molar-refractivity contribution in [3.8, 4) is 0 Å². The van der Waals surface area contributed by atoms with Crippen LogP contribution < -0.4 is 0 Å². The second-order valence-corrected chi connectivity index (χ2v) is 11.4. The van der Waals surface area contributed by atoms with E-state index < -0.39 is 25.8 Å². The fraction of sp³-hybridized carbons (Fsp3) is 0.611. The monoisotopic (exact) mass is 414 g/mol. The van der Waals surface area contributed by atoms with E-state index in [1.807, 2.05) is 12.1 Å². The molecule has 0 bridgehead atoms. The van der Waals surface area contributed by atoms with Crippen LogP contribution in [0.4, 0.5) is 0 Å². The zero-order valence-electron chi connectivity index (χ0n) is 15.5. The molecule has 2 fully saturated rings. The molecule has 2 saturated heterocycles. The second kappa shape index (κ2) is 7.89. The molecule has 2 heterocycles. The SMILES string of the molecule is CCCc1ccc(S(=O)(=O)N2CCN(C(=O)[C@H]3CCS(=O)(=O)C3)CC2)cc1. The van der Waals surface area contributed by atoms with Crippen molar-refractivity contribution in [2.75, 3.05) is 37.7 Å². The number of piperazine rings is 1. The zero-order chi connectivity index (χ0) is 19.7. The number of sulfone groups is 1. The van der Waals surface area contributed by atoms with E-state index in [-0.39, 0.29) is 35.4 Å². The summed E-state index contributed by atoms with van der Waals surface area (Å²) in [7, 11) is -6.69. The van der Waals surface area contributed by atoms with Gasteiger partial charge in [-0.25, -0.2) is 16.8 Å². The minimum Gasteiger partial charge on any atom is -0.340 e. The number of hydrogen-bond acceptors (Lipinski definition) is 5. The van der Waals surface area contributed by atoms with Gasteiger partial charge in [-0.15, -0.1) is 0 Å². The van der Waals surface area contributed by atoms with Gasteiger partial charge in [0.25, 0.3) is 0 Å². The number of rotatable bonds is 5. The Kier molecular flexibility index (Phi) is 5.93. The van der Waals surface area contributed by atoms with Gasteiger partial charge in [0.1, 0.15) is 0 Å². The lowest BCUT2D eigenvalue weighted by Gasteiger charge is -2.35. The van der Waals surface area contributed by atoms with E-state index in [0.29, 0.717) is 19.5 Å². The molecule has 7 nitrogen and oxygen atoms in total. The van der Waals surface area contributed by atoms with Gasteiger partial charge in [0, 0.05) is 26.2 Å². The van der Waals surface area contributed by atoms with Crippen LogP contribution in [0.25, 0.3) is 0 Å². The Labute approximate surface area is 161 Å². The van der Waals surface area contributed by atoms with Crippen molar-refractivity contribution >= 4 is 25.8 Å². The standard InChI is InChI=1S/C18H26N2O5S2/c1-2-3-15-4-6-17(7-5-15)27(24,25)20-11-9-19(10-12-20)18(21)16-8-13-26(22,23)14-16/h4-7,16H,2-3,8-14H2,1H3/t16-/m0/s1. The van der Waals surface area contributed by atoms with Crippen LogP contribution in [0.2, 0.25) is 0 Å². The molecule has 1 atom stereocenters. The molecule has 3 rings (SSSR count). The smallest absolute Gasteiger partial charge is 0.243 e. The first-order chi connectivity index (χ1) is 12.7. The fourth-order valence-corrected chi connectivity index (χ4v) is 6.82. The number of nitrogens with zero attached hydrogens (tertiary/aromatic N) is 2. The third kappa shape index (κ3) is 4.52. The molecule has 1 amide bonds. The average molecular weight is 415 g/mol. The highest BCUT2D eigenvalue weighted by atomic mass is 32.2. The summed E-state index contributed by atoms with van der Waals surface area (Å²) in [5, 5.41) is 0. The summed E-state index contributed by atoms with van der Waals surface area (Å²) in [4.78, 5) is 14.4. The summed E-state index contributed by atoms with van der Waals surface area (Å²) >= 11 is 0. The first kappa shape index (κ1) is 20.3. The molecule has 0 unspecified atom stereocenters. The highest BCUT2D eigenvalue weighted by molar-refractivity contribution is 7.91. The van der Waals surface area contributed by atoms with E-state index in [4.69, 9.17) is 0 Å². The Morgan fingerprint density at radius 3 is 2.26 bits per heavy atom. The van der Waals surface area contributed by atoms with E-state index in [0.717, 1.165) is 18.4 Å². The van der Waals surface area contributed by atoms with Gasteiger partial charge in [-0.05, 0) is 30.5 Å². The Morgan fingerprint density at radius 1 is 1.11 bits per heavy atom. The van der Waals surface area contributed by atoms with Crippen molar-refractivity contribution in [2.24, 2.45) is 5.92 Å². The summed E-state index contributed by atoms with van der Waals surface area (Å²) in [6.07, 6.45) is 2.28. The molecule has 9 heteroatoms. The highest BCUT2D eigenvalue weighted by Crippen LogP contribution is 2.23. The molecular formula is C18H26N2O5S2. The molecule has 150 valence electrons. The van der Waals surface area contributed by atoms with Gasteiger partial charge in [0.05, 0.1) is 22.3 Å². The van der Waals surface area contributed by atoms with Gasteiger partial charge in [-0.3, -0.25) is 4.79 Å². The van der Waals surface area contributed by atoms with Crippen molar-refractivity contribution in [1.82, 2.24) is 9.21 Å². The lowest BCUT2D eigenvalue weighted by atomic mass is 10.1. The van der Waals surface area contributed by atoms with Crippen LogP contribution >= 0.6 is 0 Å². The number of sulfonamides is 1. The molecule has 1 aromatic carbocycles. The molecule has 1 aromatic rings. The van der Waals surface area contributed by atoms with Gasteiger partial charge in [-0.2, -0.15) is 4.31 Å². The average Bonchev–Trinajstić information content (AvgIpc) is 3.02. The third-order valence-electron chi connectivity index (χ3n) is 5.23. The molecule has 0 aliphatic carbocycles. The van der Waals surface area contributed by atoms with Crippen LogP contribution in [0.15, 0.2) is 29.2 Å². The molecule has 27 heavy (non-hydrogen) atoms. The van der Waals surface area contributed by atoms with Gasteiger partial charge in [0.2, 0.25) is 15.9 Å². The summed E-state index contributed by atoms with van der Waals surface area (Å²) in [5.41, 5.74) is 1.11. The number of amides is 1. The van der Waals surface area contributed by atoms with Crippen molar-refractivity contribution in [2.45, 2.75) is 31.1 Å². The number of aryl methyl sites for hydroxylation is 1. The van der Waals surface area contributed by atoms with E-state index in [2.05, 4.69) is 6.92 Å². The van der Waals surface area contributed by atoms with Crippen molar-refractivity contribution in [3.63, 3.8) is 0 Å². The van der Waals surface area contributed by atoms with Crippen molar-refractivity contribution in [3.05, 3.63) is 29.8 Å². The Hall–Kier alpha value is -1.45. The van der Waals surface area contributed by atoms with Crippen LogP contribution in [-0.2, 0) is 31.1 Å². The molecule has 2 aliphatic rings. The van der Waals surface area contributed by atoms with Crippen molar-refractivity contribution in [1.29, 1.82) is 0 Å².